The van der Waals surface area contributed by atoms with E-state index in [1.165, 1.54) is 6.33 Å². The van der Waals surface area contributed by atoms with E-state index < -0.39 is 29.6 Å². The lowest BCUT2D eigenvalue weighted by Crippen LogP contribution is -2.45. The van der Waals surface area contributed by atoms with Gasteiger partial charge in [0.05, 0.1) is 6.33 Å². The molecule has 0 bridgehead atoms. The van der Waals surface area contributed by atoms with Crippen molar-refractivity contribution in [1.82, 2.24) is 20.6 Å². The maximum Gasteiger partial charge on any atom is 0.414 e. The molecule has 0 saturated carbocycles. The Labute approximate surface area is 151 Å². The van der Waals surface area contributed by atoms with Crippen molar-refractivity contribution in [2.24, 2.45) is 5.73 Å². The number of primary amides is 1. The maximum absolute atomic E-state index is 11.9. The Morgan fingerprint density at radius 2 is 1.92 bits per heavy atom. The zero-order valence-corrected chi connectivity index (χ0v) is 15.1. The van der Waals surface area contributed by atoms with Gasteiger partial charge in [0.15, 0.2) is 0 Å². The summed E-state index contributed by atoms with van der Waals surface area (Å²) in [6, 6.07) is -1.01. The van der Waals surface area contributed by atoms with Crippen molar-refractivity contribution in [3.63, 3.8) is 0 Å². The molecular formula is C16H25N5O5. The van der Waals surface area contributed by atoms with E-state index in [2.05, 4.69) is 20.6 Å². The zero-order chi connectivity index (χ0) is 19.7. The van der Waals surface area contributed by atoms with E-state index in [-0.39, 0.29) is 25.2 Å². The number of carbonyl (C=O) groups is 4. The van der Waals surface area contributed by atoms with E-state index in [1.807, 2.05) is 0 Å². The summed E-state index contributed by atoms with van der Waals surface area (Å²) in [5, 5.41) is 4.53. The van der Waals surface area contributed by atoms with Crippen molar-refractivity contribution >= 4 is 23.8 Å². The van der Waals surface area contributed by atoms with Crippen molar-refractivity contribution < 1.29 is 23.9 Å². The average Bonchev–Trinajstić information content (AvgIpc) is 3.00. The predicted octanol–water partition coefficient (Wildman–Crippen LogP) is 0.144. The van der Waals surface area contributed by atoms with E-state index in [1.54, 1.807) is 27.0 Å². The number of carbonyl (C=O) groups excluding carboxylic acids is 4. The molecule has 26 heavy (non-hydrogen) atoms. The molecule has 0 aliphatic heterocycles. The number of imide groups is 1. The van der Waals surface area contributed by atoms with Crippen LogP contribution in [-0.2, 0) is 25.5 Å². The molecule has 144 valence electrons. The number of imidazole rings is 1. The first-order chi connectivity index (χ1) is 12.1. The Bertz CT molecular complexity index is 636. The van der Waals surface area contributed by atoms with Gasteiger partial charge in [-0.25, -0.2) is 9.78 Å². The number of nitrogens with one attached hydrogen (secondary N) is 3. The summed E-state index contributed by atoms with van der Waals surface area (Å²) in [5.41, 5.74) is 5.30. The SMILES string of the molecule is CC(C)(C)OC(=O)NC(=O)CCC(NC(=O)CCc1cnc[nH]1)C(N)=O. The normalized spacial score (nSPS) is 12.1. The fourth-order valence-corrected chi connectivity index (χ4v) is 1.98. The maximum atomic E-state index is 11.9. The molecule has 10 heteroatoms. The molecule has 1 atom stereocenters. The average molecular weight is 367 g/mol. The molecule has 1 unspecified atom stereocenters. The monoisotopic (exact) mass is 367 g/mol. The third kappa shape index (κ3) is 8.81. The largest absolute Gasteiger partial charge is 0.444 e. The Hall–Kier alpha value is -2.91. The minimum Gasteiger partial charge on any atom is -0.444 e. The number of alkyl carbamates (subject to hydrolysis) is 1. The number of nitrogens with two attached hydrogens (primary N) is 1. The molecule has 0 spiro atoms. The van der Waals surface area contributed by atoms with Gasteiger partial charge in [0.1, 0.15) is 11.6 Å². The summed E-state index contributed by atoms with van der Waals surface area (Å²) in [6.07, 6.45) is 2.59. The Kier molecular flexibility index (Phi) is 7.76. The molecule has 5 N–H and O–H groups in total. The fourth-order valence-electron chi connectivity index (χ4n) is 1.98. The zero-order valence-electron chi connectivity index (χ0n) is 15.1. The minimum absolute atomic E-state index is 0.0280. The smallest absolute Gasteiger partial charge is 0.414 e. The van der Waals surface area contributed by atoms with Gasteiger partial charge in [0.2, 0.25) is 17.7 Å². The van der Waals surface area contributed by atoms with Crippen molar-refractivity contribution in [3.05, 3.63) is 18.2 Å². The van der Waals surface area contributed by atoms with Gasteiger partial charge < -0.3 is 20.8 Å². The summed E-state index contributed by atoms with van der Waals surface area (Å²) in [7, 11) is 0. The molecule has 10 nitrogen and oxygen atoms in total. The third-order valence-corrected chi connectivity index (χ3v) is 3.16. The van der Waals surface area contributed by atoms with Crippen molar-refractivity contribution in [3.8, 4) is 0 Å². The topological polar surface area (TPSA) is 156 Å². The summed E-state index contributed by atoms with van der Waals surface area (Å²) in [5.74, 6) is -1.77. The van der Waals surface area contributed by atoms with E-state index in [4.69, 9.17) is 10.5 Å². The number of aromatic amines is 1. The van der Waals surface area contributed by atoms with Gasteiger partial charge >= 0.3 is 6.09 Å². The molecule has 0 fully saturated rings. The molecule has 0 saturated heterocycles. The number of amides is 4. The van der Waals surface area contributed by atoms with Crippen LogP contribution in [0.15, 0.2) is 12.5 Å². The van der Waals surface area contributed by atoms with E-state index in [0.29, 0.717) is 6.42 Å². The van der Waals surface area contributed by atoms with Crippen LogP contribution in [0, 0.1) is 0 Å². The number of hydrogen-bond donors (Lipinski definition) is 4. The Morgan fingerprint density at radius 1 is 1.23 bits per heavy atom. The van der Waals surface area contributed by atoms with E-state index in [0.717, 1.165) is 5.69 Å². The van der Waals surface area contributed by atoms with Gasteiger partial charge in [0.25, 0.3) is 0 Å². The number of aryl methyl sites for hydroxylation is 1. The lowest BCUT2D eigenvalue weighted by Gasteiger charge is -2.19. The van der Waals surface area contributed by atoms with Gasteiger partial charge in [-0.3, -0.25) is 19.7 Å². The van der Waals surface area contributed by atoms with Crippen LogP contribution in [0.5, 0.6) is 0 Å². The van der Waals surface area contributed by atoms with E-state index >= 15 is 0 Å². The first-order valence-corrected chi connectivity index (χ1v) is 8.15. The van der Waals surface area contributed by atoms with Crippen LogP contribution in [0.3, 0.4) is 0 Å². The summed E-state index contributed by atoms with van der Waals surface area (Å²) >= 11 is 0. The minimum atomic E-state index is -1.01. The highest BCUT2D eigenvalue weighted by Gasteiger charge is 2.22. The standard InChI is InChI=1S/C16H25N5O5/c1-16(2,3)26-15(25)21-13(23)7-5-11(14(17)24)20-12(22)6-4-10-8-18-9-19-10/h8-9,11H,4-7H2,1-3H3,(H2,17,24)(H,18,19)(H,20,22)(H,21,23,25). The number of nitrogens with zero attached hydrogens (tertiary/aromatic N) is 1. The molecule has 0 aromatic carbocycles. The fraction of sp³-hybridized carbons (Fsp3) is 0.562. The van der Waals surface area contributed by atoms with Crippen LogP contribution in [0.2, 0.25) is 0 Å². The van der Waals surface area contributed by atoms with Crippen LogP contribution in [0.25, 0.3) is 0 Å². The van der Waals surface area contributed by atoms with Crippen LogP contribution >= 0.6 is 0 Å². The highest BCUT2D eigenvalue weighted by molar-refractivity contribution is 5.92. The second-order valence-corrected chi connectivity index (χ2v) is 6.69. The van der Waals surface area contributed by atoms with Crippen molar-refractivity contribution in [1.29, 1.82) is 0 Å². The highest BCUT2D eigenvalue weighted by atomic mass is 16.6. The van der Waals surface area contributed by atoms with Crippen molar-refractivity contribution in [2.45, 2.75) is 58.1 Å². The number of hydrogen-bond acceptors (Lipinski definition) is 6. The second kappa shape index (κ2) is 9.54. The lowest BCUT2D eigenvalue weighted by atomic mass is 10.1. The number of ether oxygens (including phenoxy) is 1. The summed E-state index contributed by atoms with van der Waals surface area (Å²) < 4.78 is 4.95. The molecule has 1 aromatic heterocycles. The van der Waals surface area contributed by atoms with Crippen LogP contribution < -0.4 is 16.4 Å². The van der Waals surface area contributed by atoms with Crippen LogP contribution in [-0.4, -0.2) is 45.4 Å². The molecular weight excluding hydrogens is 342 g/mol. The summed E-state index contributed by atoms with van der Waals surface area (Å²) in [6.45, 7) is 5.00. The predicted molar refractivity (Wildman–Crippen MR) is 91.6 cm³/mol. The molecule has 0 aliphatic rings. The number of rotatable bonds is 8. The van der Waals surface area contributed by atoms with Gasteiger partial charge in [0, 0.05) is 24.7 Å². The molecule has 1 aromatic rings. The van der Waals surface area contributed by atoms with Gasteiger partial charge in [-0.05, 0) is 33.6 Å². The number of H-pyrrole nitrogens is 1. The molecule has 4 amide bonds. The Balaban J connectivity index is 2.40. The van der Waals surface area contributed by atoms with Gasteiger partial charge in [-0.15, -0.1) is 0 Å². The number of aromatic nitrogens is 2. The van der Waals surface area contributed by atoms with Gasteiger partial charge in [-0.1, -0.05) is 0 Å². The Morgan fingerprint density at radius 3 is 2.46 bits per heavy atom. The molecule has 0 aliphatic carbocycles. The van der Waals surface area contributed by atoms with Crippen LogP contribution in [0.1, 0.15) is 45.7 Å². The molecule has 0 radical (unpaired) electrons. The van der Waals surface area contributed by atoms with Gasteiger partial charge in [-0.2, -0.15) is 0 Å². The molecule has 1 rings (SSSR count). The van der Waals surface area contributed by atoms with Crippen LogP contribution in [0.4, 0.5) is 4.79 Å². The lowest BCUT2D eigenvalue weighted by molar-refractivity contribution is -0.128. The van der Waals surface area contributed by atoms with E-state index in [9.17, 15) is 19.2 Å². The summed E-state index contributed by atoms with van der Waals surface area (Å²) in [4.78, 5) is 53.3. The van der Waals surface area contributed by atoms with Crippen molar-refractivity contribution in [2.75, 3.05) is 0 Å². The third-order valence-electron chi connectivity index (χ3n) is 3.16. The highest BCUT2D eigenvalue weighted by Crippen LogP contribution is 2.07. The molecule has 1 heterocycles. The first-order valence-electron chi connectivity index (χ1n) is 8.15. The quantitative estimate of drug-likeness (QED) is 0.512. The second-order valence-electron chi connectivity index (χ2n) is 6.69. The first kappa shape index (κ1) is 21.1.